The highest BCUT2D eigenvalue weighted by molar-refractivity contribution is 7.89. The maximum Gasteiger partial charge on any atom is 0.243 e. The van der Waals surface area contributed by atoms with Gasteiger partial charge in [0.1, 0.15) is 0 Å². The van der Waals surface area contributed by atoms with Gasteiger partial charge in [0.25, 0.3) is 0 Å². The number of aryl methyl sites for hydroxylation is 1. The average molecular weight is 280 g/mol. The normalized spacial score (nSPS) is 27.6. The summed E-state index contributed by atoms with van der Waals surface area (Å²) in [5, 5.41) is 3.29. The summed E-state index contributed by atoms with van der Waals surface area (Å²) in [7, 11) is -3.32. The Morgan fingerprint density at radius 1 is 1.26 bits per heavy atom. The van der Waals surface area contributed by atoms with Crippen LogP contribution in [0.4, 0.5) is 0 Å². The first-order valence-electron chi connectivity index (χ1n) is 6.94. The fourth-order valence-corrected chi connectivity index (χ4v) is 4.84. The summed E-state index contributed by atoms with van der Waals surface area (Å²) in [6.07, 6.45) is 1.91. The first-order chi connectivity index (χ1) is 9.13. The number of nitrogens with one attached hydrogen (secondary N) is 1. The molecule has 0 saturated carbocycles. The van der Waals surface area contributed by atoms with E-state index in [2.05, 4.69) is 12.2 Å². The van der Waals surface area contributed by atoms with Gasteiger partial charge in [0, 0.05) is 19.1 Å². The molecule has 1 N–H and O–H groups in total. The van der Waals surface area contributed by atoms with E-state index in [-0.39, 0.29) is 6.04 Å². The van der Waals surface area contributed by atoms with E-state index in [1.165, 1.54) is 5.56 Å². The van der Waals surface area contributed by atoms with Gasteiger partial charge >= 0.3 is 0 Å². The minimum atomic E-state index is -3.32. The molecule has 0 spiro atoms. The summed E-state index contributed by atoms with van der Waals surface area (Å²) in [5.41, 5.74) is 1.17. The lowest BCUT2D eigenvalue weighted by Crippen LogP contribution is -2.38. The molecule has 0 unspecified atom stereocenters. The Hall–Kier alpha value is -0.910. The quantitative estimate of drug-likeness (QED) is 0.906. The van der Waals surface area contributed by atoms with Crippen molar-refractivity contribution >= 4 is 10.0 Å². The van der Waals surface area contributed by atoms with Crippen LogP contribution in [0.3, 0.4) is 0 Å². The van der Waals surface area contributed by atoms with Crippen molar-refractivity contribution in [3.8, 4) is 0 Å². The largest absolute Gasteiger partial charge is 0.315 e. The molecular weight excluding hydrogens is 260 g/mol. The van der Waals surface area contributed by atoms with Crippen LogP contribution in [0.5, 0.6) is 0 Å². The van der Waals surface area contributed by atoms with Gasteiger partial charge in [0.15, 0.2) is 0 Å². The first kappa shape index (κ1) is 13.1. The highest BCUT2D eigenvalue weighted by Gasteiger charge is 2.43. The lowest BCUT2D eigenvalue weighted by molar-refractivity contribution is 0.383. The Balaban J connectivity index is 1.89. The molecule has 2 aliphatic heterocycles. The second-order valence-electron chi connectivity index (χ2n) is 5.39. The van der Waals surface area contributed by atoms with Crippen LogP contribution in [0.15, 0.2) is 29.2 Å². The van der Waals surface area contributed by atoms with Crippen molar-refractivity contribution in [3.63, 3.8) is 0 Å². The molecule has 104 valence electrons. The molecule has 2 atom stereocenters. The van der Waals surface area contributed by atoms with E-state index in [1.54, 1.807) is 16.4 Å². The van der Waals surface area contributed by atoms with Gasteiger partial charge in [-0.1, -0.05) is 19.1 Å². The molecule has 4 nitrogen and oxygen atoms in total. The molecule has 0 aliphatic carbocycles. The number of sulfonamides is 1. The topological polar surface area (TPSA) is 49.4 Å². The molecule has 0 radical (unpaired) electrons. The van der Waals surface area contributed by atoms with Crippen molar-refractivity contribution < 1.29 is 8.42 Å². The maximum absolute atomic E-state index is 12.7. The number of hydrogen-bond acceptors (Lipinski definition) is 3. The number of nitrogens with zero attached hydrogens (tertiary/aromatic N) is 1. The summed E-state index contributed by atoms with van der Waals surface area (Å²) < 4.78 is 27.0. The van der Waals surface area contributed by atoms with Gasteiger partial charge in [-0.05, 0) is 43.0 Å². The van der Waals surface area contributed by atoms with Gasteiger partial charge < -0.3 is 5.32 Å². The highest BCUT2D eigenvalue weighted by Crippen LogP contribution is 2.32. The molecule has 2 fully saturated rings. The Labute approximate surface area is 114 Å². The second-order valence-corrected chi connectivity index (χ2v) is 7.28. The molecule has 19 heavy (non-hydrogen) atoms. The molecule has 5 heteroatoms. The third-order valence-corrected chi connectivity index (χ3v) is 6.27. The zero-order valence-corrected chi connectivity index (χ0v) is 12.0. The highest BCUT2D eigenvalue weighted by atomic mass is 32.2. The molecule has 2 aliphatic rings. The van der Waals surface area contributed by atoms with Crippen molar-refractivity contribution in [2.24, 2.45) is 5.92 Å². The second kappa shape index (κ2) is 4.89. The van der Waals surface area contributed by atoms with Gasteiger partial charge in [0.2, 0.25) is 10.0 Å². The van der Waals surface area contributed by atoms with Crippen molar-refractivity contribution in [2.45, 2.75) is 30.7 Å². The van der Waals surface area contributed by atoms with E-state index < -0.39 is 10.0 Å². The summed E-state index contributed by atoms with van der Waals surface area (Å²) in [6, 6.07) is 7.45. The maximum atomic E-state index is 12.7. The minimum Gasteiger partial charge on any atom is -0.315 e. The predicted octanol–water partition coefficient (Wildman–Crippen LogP) is 1.23. The number of hydrogen-bond donors (Lipinski definition) is 1. The third-order valence-electron chi connectivity index (χ3n) is 4.33. The average Bonchev–Trinajstić information content (AvgIpc) is 3.01. The number of benzene rings is 1. The third kappa shape index (κ3) is 2.20. The van der Waals surface area contributed by atoms with Crippen LogP contribution in [-0.2, 0) is 16.4 Å². The van der Waals surface area contributed by atoms with Crippen molar-refractivity contribution in [1.29, 1.82) is 0 Å². The Bertz CT molecular complexity index is 553. The number of fused-ring (bicyclic) bond motifs is 1. The van der Waals surface area contributed by atoms with Crippen LogP contribution in [0.1, 0.15) is 18.9 Å². The molecule has 0 amide bonds. The fraction of sp³-hybridized carbons (Fsp3) is 0.571. The van der Waals surface area contributed by atoms with Crippen LogP contribution in [0, 0.1) is 5.92 Å². The summed E-state index contributed by atoms with van der Waals surface area (Å²) in [6.45, 7) is 4.47. The molecule has 2 saturated heterocycles. The lowest BCUT2D eigenvalue weighted by atomic mass is 10.1. The SMILES string of the molecule is CCc1ccc(S(=O)(=O)N2CC[C@H]3CNC[C@H]32)cc1. The molecule has 2 heterocycles. The van der Waals surface area contributed by atoms with Gasteiger partial charge in [-0.2, -0.15) is 4.31 Å². The summed E-state index contributed by atoms with van der Waals surface area (Å²) >= 11 is 0. The minimum absolute atomic E-state index is 0.149. The van der Waals surface area contributed by atoms with Crippen LogP contribution < -0.4 is 5.32 Å². The molecule has 1 aromatic rings. The Kier molecular flexibility index (Phi) is 3.37. The molecule has 0 aromatic heterocycles. The molecule has 3 rings (SSSR count). The monoisotopic (exact) mass is 280 g/mol. The zero-order chi connectivity index (χ0) is 13.5. The smallest absolute Gasteiger partial charge is 0.243 e. The Morgan fingerprint density at radius 2 is 2.00 bits per heavy atom. The fourth-order valence-electron chi connectivity index (χ4n) is 3.14. The van der Waals surface area contributed by atoms with Gasteiger partial charge in [-0.25, -0.2) is 8.42 Å². The van der Waals surface area contributed by atoms with Crippen LogP contribution in [0.25, 0.3) is 0 Å². The lowest BCUT2D eigenvalue weighted by Gasteiger charge is -2.22. The van der Waals surface area contributed by atoms with E-state index in [9.17, 15) is 8.42 Å². The Morgan fingerprint density at radius 3 is 2.68 bits per heavy atom. The first-order valence-corrected chi connectivity index (χ1v) is 8.38. The molecule has 0 bridgehead atoms. The van der Waals surface area contributed by atoms with Crippen LogP contribution in [-0.4, -0.2) is 38.4 Å². The van der Waals surface area contributed by atoms with Gasteiger partial charge in [-0.3, -0.25) is 0 Å². The van der Waals surface area contributed by atoms with E-state index >= 15 is 0 Å². The standard InChI is InChI=1S/C14H20N2O2S/c1-2-11-3-5-13(6-4-11)19(17,18)16-8-7-12-9-15-10-14(12)16/h3-6,12,14-15H,2,7-10H2,1H3/t12-,14+/m0/s1. The van der Waals surface area contributed by atoms with E-state index in [0.29, 0.717) is 17.4 Å². The van der Waals surface area contributed by atoms with Crippen molar-refractivity contribution in [1.82, 2.24) is 9.62 Å². The summed E-state index contributed by atoms with van der Waals surface area (Å²) in [4.78, 5) is 0.428. The van der Waals surface area contributed by atoms with Crippen molar-refractivity contribution in [3.05, 3.63) is 29.8 Å². The van der Waals surface area contributed by atoms with Gasteiger partial charge in [-0.15, -0.1) is 0 Å². The predicted molar refractivity (Wildman–Crippen MR) is 74.5 cm³/mol. The molecular formula is C14H20N2O2S. The zero-order valence-electron chi connectivity index (χ0n) is 11.2. The summed E-state index contributed by atoms with van der Waals surface area (Å²) in [5.74, 6) is 0.490. The van der Waals surface area contributed by atoms with Crippen molar-refractivity contribution in [2.75, 3.05) is 19.6 Å². The molecule has 1 aromatic carbocycles. The van der Waals surface area contributed by atoms with E-state index in [0.717, 1.165) is 25.9 Å². The van der Waals surface area contributed by atoms with E-state index in [1.807, 2.05) is 12.1 Å². The van der Waals surface area contributed by atoms with Gasteiger partial charge in [0.05, 0.1) is 4.90 Å². The van der Waals surface area contributed by atoms with E-state index in [4.69, 9.17) is 0 Å². The van der Waals surface area contributed by atoms with Crippen LogP contribution >= 0.6 is 0 Å². The van der Waals surface area contributed by atoms with Crippen LogP contribution in [0.2, 0.25) is 0 Å². The number of rotatable bonds is 3.